The van der Waals surface area contributed by atoms with Crippen molar-refractivity contribution in [2.24, 2.45) is 5.73 Å². The molecule has 0 saturated carbocycles. The molecule has 2 N–H and O–H groups in total. The van der Waals surface area contributed by atoms with E-state index >= 15 is 0 Å². The molecule has 1 atom stereocenters. The fourth-order valence-corrected chi connectivity index (χ4v) is 1.06. The number of hydrogen-bond donors (Lipinski definition) is 1. The lowest BCUT2D eigenvalue weighted by Gasteiger charge is -2.05. The van der Waals surface area contributed by atoms with Gasteiger partial charge in [0, 0.05) is 26.5 Å². The topological polar surface area (TPSA) is 74.2 Å². The third-order valence-corrected chi connectivity index (χ3v) is 2.03. The molecule has 1 heterocycles. The minimum absolute atomic E-state index is 0.222. The summed E-state index contributed by atoms with van der Waals surface area (Å²) in [5, 5.41) is 7.79. The number of methoxy groups -OCH3 is 1. The first kappa shape index (κ1) is 11.1. The molecule has 0 radical (unpaired) electrons. The van der Waals surface area contributed by atoms with Crippen molar-refractivity contribution in [2.75, 3.05) is 13.7 Å². The van der Waals surface area contributed by atoms with Gasteiger partial charge in [0.1, 0.15) is 0 Å². The molecule has 0 spiro atoms. The summed E-state index contributed by atoms with van der Waals surface area (Å²) >= 11 is 0. The van der Waals surface area contributed by atoms with Crippen LogP contribution in [0.4, 0.5) is 0 Å². The molecule has 80 valence electrons. The van der Waals surface area contributed by atoms with E-state index in [9.17, 15) is 0 Å². The molecule has 1 rings (SSSR count). The van der Waals surface area contributed by atoms with Crippen molar-refractivity contribution in [2.45, 2.75) is 32.3 Å². The summed E-state index contributed by atoms with van der Waals surface area (Å²) in [7, 11) is 1.69. The molecule has 1 aromatic heterocycles. The SMILES string of the molecule is COC(C)CCc1nnc(CCN)o1. The predicted molar refractivity (Wildman–Crippen MR) is 51.8 cm³/mol. The molecule has 1 aromatic rings. The van der Waals surface area contributed by atoms with Crippen LogP contribution in [0.2, 0.25) is 0 Å². The Bertz CT molecular complexity index is 262. The highest BCUT2D eigenvalue weighted by molar-refractivity contribution is 4.83. The van der Waals surface area contributed by atoms with Crippen LogP contribution in [-0.4, -0.2) is 30.0 Å². The number of aryl methyl sites for hydroxylation is 1. The van der Waals surface area contributed by atoms with Gasteiger partial charge in [0.2, 0.25) is 11.8 Å². The van der Waals surface area contributed by atoms with E-state index in [0.29, 0.717) is 24.7 Å². The molecule has 5 nitrogen and oxygen atoms in total. The highest BCUT2D eigenvalue weighted by Gasteiger charge is 2.07. The summed E-state index contributed by atoms with van der Waals surface area (Å²) in [5.74, 6) is 1.28. The van der Waals surface area contributed by atoms with Gasteiger partial charge in [-0.15, -0.1) is 10.2 Å². The van der Waals surface area contributed by atoms with E-state index in [-0.39, 0.29) is 6.10 Å². The number of nitrogens with zero attached hydrogens (tertiary/aromatic N) is 2. The van der Waals surface area contributed by atoms with Crippen LogP contribution < -0.4 is 5.73 Å². The molecule has 0 amide bonds. The van der Waals surface area contributed by atoms with Crippen molar-refractivity contribution in [3.63, 3.8) is 0 Å². The zero-order chi connectivity index (χ0) is 10.4. The number of nitrogens with two attached hydrogens (primary N) is 1. The number of ether oxygens (including phenoxy) is 1. The fraction of sp³-hybridized carbons (Fsp3) is 0.778. The number of aromatic nitrogens is 2. The Kier molecular flexibility index (Phi) is 4.55. The first-order valence-corrected chi connectivity index (χ1v) is 4.80. The molecule has 0 aliphatic carbocycles. The van der Waals surface area contributed by atoms with Crippen molar-refractivity contribution in [1.82, 2.24) is 10.2 Å². The highest BCUT2D eigenvalue weighted by Crippen LogP contribution is 2.06. The van der Waals surface area contributed by atoms with E-state index in [0.717, 1.165) is 12.8 Å². The average Bonchev–Trinajstić information content (AvgIpc) is 2.63. The molecule has 1 unspecified atom stereocenters. The van der Waals surface area contributed by atoms with Gasteiger partial charge in [-0.2, -0.15) is 0 Å². The van der Waals surface area contributed by atoms with E-state index in [2.05, 4.69) is 10.2 Å². The third kappa shape index (κ3) is 3.43. The standard InChI is InChI=1S/C9H17N3O2/c1-7(13-2)3-4-8-11-12-9(14-8)5-6-10/h7H,3-6,10H2,1-2H3. The van der Waals surface area contributed by atoms with Gasteiger partial charge in [-0.1, -0.05) is 0 Å². The molecule has 0 aromatic carbocycles. The Morgan fingerprint density at radius 1 is 1.36 bits per heavy atom. The zero-order valence-corrected chi connectivity index (χ0v) is 8.69. The van der Waals surface area contributed by atoms with Gasteiger partial charge in [-0.25, -0.2) is 0 Å². The molecule has 0 saturated heterocycles. The Morgan fingerprint density at radius 2 is 2.00 bits per heavy atom. The van der Waals surface area contributed by atoms with Crippen LogP contribution in [0.3, 0.4) is 0 Å². The van der Waals surface area contributed by atoms with Crippen LogP contribution in [0.25, 0.3) is 0 Å². The summed E-state index contributed by atoms with van der Waals surface area (Å²) in [6.45, 7) is 2.55. The first-order valence-electron chi connectivity index (χ1n) is 4.80. The van der Waals surface area contributed by atoms with Gasteiger partial charge in [-0.3, -0.25) is 0 Å². The molecular formula is C9H17N3O2. The van der Waals surface area contributed by atoms with Crippen LogP contribution >= 0.6 is 0 Å². The summed E-state index contributed by atoms with van der Waals surface area (Å²) in [6, 6.07) is 0. The second-order valence-corrected chi connectivity index (χ2v) is 3.21. The minimum atomic E-state index is 0.222. The van der Waals surface area contributed by atoms with Crippen LogP contribution in [0.5, 0.6) is 0 Å². The lowest BCUT2D eigenvalue weighted by atomic mass is 10.2. The summed E-state index contributed by atoms with van der Waals surface area (Å²) in [6.07, 6.45) is 2.51. The highest BCUT2D eigenvalue weighted by atomic mass is 16.5. The summed E-state index contributed by atoms with van der Waals surface area (Å²) in [5.41, 5.74) is 5.37. The Hall–Kier alpha value is -0.940. The third-order valence-electron chi connectivity index (χ3n) is 2.03. The maximum absolute atomic E-state index is 5.37. The first-order chi connectivity index (χ1) is 6.76. The monoisotopic (exact) mass is 199 g/mol. The molecule has 5 heteroatoms. The number of hydrogen-bond acceptors (Lipinski definition) is 5. The Labute approximate surface area is 83.6 Å². The van der Waals surface area contributed by atoms with Crippen molar-refractivity contribution in [3.8, 4) is 0 Å². The second-order valence-electron chi connectivity index (χ2n) is 3.21. The van der Waals surface area contributed by atoms with Gasteiger partial charge >= 0.3 is 0 Å². The van der Waals surface area contributed by atoms with Crippen molar-refractivity contribution >= 4 is 0 Å². The molecule has 0 aliphatic rings. The van der Waals surface area contributed by atoms with Gasteiger partial charge in [0.05, 0.1) is 6.10 Å². The van der Waals surface area contributed by atoms with E-state index < -0.39 is 0 Å². The zero-order valence-electron chi connectivity index (χ0n) is 8.69. The van der Waals surface area contributed by atoms with Gasteiger partial charge in [0.25, 0.3) is 0 Å². The van der Waals surface area contributed by atoms with Gasteiger partial charge in [0.15, 0.2) is 0 Å². The second kappa shape index (κ2) is 5.72. The normalized spacial score (nSPS) is 13.1. The largest absolute Gasteiger partial charge is 0.425 e. The molecule has 14 heavy (non-hydrogen) atoms. The van der Waals surface area contributed by atoms with Crippen LogP contribution in [0.1, 0.15) is 25.1 Å². The lowest BCUT2D eigenvalue weighted by molar-refractivity contribution is 0.109. The van der Waals surface area contributed by atoms with E-state index in [1.807, 2.05) is 6.92 Å². The lowest BCUT2D eigenvalue weighted by Crippen LogP contribution is -2.05. The number of rotatable bonds is 6. The summed E-state index contributed by atoms with van der Waals surface area (Å²) < 4.78 is 10.5. The van der Waals surface area contributed by atoms with E-state index in [1.165, 1.54) is 0 Å². The van der Waals surface area contributed by atoms with Gasteiger partial charge in [-0.05, 0) is 13.3 Å². The smallest absolute Gasteiger partial charge is 0.217 e. The predicted octanol–water partition coefficient (Wildman–Crippen LogP) is 0.538. The van der Waals surface area contributed by atoms with Crippen molar-refractivity contribution in [3.05, 3.63) is 11.8 Å². The van der Waals surface area contributed by atoms with E-state index in [4.69, 9.17) is 14.9 Å². The van der Waals surface area contributed by atoms with Gasteiger partial charge < -0.3 is 14.9 Å². The fourth-order valence-electron chi connectivity index (χ4n) is 1.06. The Morgan fingerprint density at radius 3 is 2.57 bits per heavy atom. The molecule has 0 aliphatic heterocycles. The maximum Gasteiger partial charge on any atom is 0.217 e. The van der Waals surface area contributed by atoms with Crippen molar-refractivity contribution < 1.29 is 9.15 Å². The molecule has 0 bridgehead atoms. The van der Waals surface area contributed by atoms with E-state index in [1.54, 1.807) is 7.11 Å². The van der Waals surface area contributed by atoms with Crippen LogP contribution in [0.15, 0.2) is 4.42 Å². The minimum Gasteiger partial charge on any atom is -0.425 e. The maximum atomic E-state index is 5.37. The summed E-state index contributed by atoms with van der Waals surface area (Å²) in [4.78, 5) is 0. The van der Waals surface area contributed by atoms with Crippen LogP contribution in [0, 0.1) is 0 Å². The van der Waals surface area contributed by atoms with Crippen LogP contribution in [-0.2, 0) is 17.6 Å². The molecule has 0 fully saturated rings. The molecular weight excluding hydrogens is 182 g/mol. The average molecular weight is 199 g/mol. The van der Waals surface area contributed by atoms with Crippen molar-refractivity contribution in [1.29, 1.82) is 0 Å². The Balaban J connectivity index is 2.35. The quantitative estimate of drug-likeness (QED) is 0.723.